The zero-order valence-corrected chi connectivity index (χ0v) is 10.0. The molecule has 1 aliphatic heterocycles. The van der Waals surface area contributed by atoms with Gasteiger partial charge < -0.3 is 9.84 Å². The molecule has 3 heteroatoms. The lowest BCUT2D eigenvalue weighted by molar-refractivity contribution is -0.104. The van der Waals surface area contributed by atoms with E-state index in [0.29, 0.717) is 6.42 Å². The summed E-state index contributed by atoms with van der Waals surface area (Å²) in [5.41, 5.74) is 1.19. The molecule has 1 heterocycles. The Labute approximate surface area is 101 Å². The lowest BCUT2D eigenvalue weighted by Gasteiger charge is -2.24. The van der Waals surface area contributed by atoms with Gasteiger partial charge in [-0.25, -0.2) is 0 Å². The standard InChI is InChI=1S/C14H16O3/c1-14(2,16)13-9-11-8-10(4-3-7-15)5-6-12(11)17-13/h3-8,13,16H,9H2,1-2H3/b4-3+/t13-/m0/s1. The van der Waals surface area contributed by atoms with Crippen LogP contribution in [0.25, 0.3) is 6.08 Å². The number of carbonyl (C=O) groups excluding carboxylic acids is 1. The highest BCUT2D eigenvalue weighted by Gasteiger charge is 2.34. The quantitative estimate of drug-likeness (QED) is 0.640. The monoisotopic (exact) mass is 232 g/mol. The van der Waals surface area contributed by atoms with Crippen LogP contribution in [0, 0.1) is 0 Å². The molecule has 90 valence electrons. The van der Waals surface area contributed by atoms with Crippen molar-refractivity contribution in [1.29, 1.82) is 0 Å². The number of carbonyl (C=O) groups is 1. The summed E-state index contributed by atoms with van der Waals surface area (Å²) >= 11 is 0. The minimum Gasteiger partial charge on any atom is -0.487 e. The highest BCUT2D eigenvalue weighted by atomic mass is 16.5. The molecule has 1 aromatic carbocycles. The number of ether oxygens (including phenoxy) is 1. The van der Waals surface area contributed by atoms with Gasteiger partial charge in [0.2, 0.25) is 0 Å². The van der Waals surface area contributed by atoms with E-state index in [9.17, 15) is 9.90 Å². The molecule has 17 heavy (non-hydrogen) atoms. The van der Waals surface area contributed by atoms with E-state index in [1.165, 1.54) is 6.08 Å². The Morgan fingerprint density at radius 3 is 2.88 bits per heavy atom. The minimum atomic E-state index is -0.849. The third-order valence-electron chi connectivity index (χ3n) is 2.91. The summed E-state index contributed by atoms with van der Waals surface area (Å²) in [6.45, 7) is 3.49. The van der Waals surface area contributed by atoms with Gasteiger partial charge in [-0.1, -0.05) is 12.1 Å². The van der Waals surface area contributed by atoms with Gasteiger partial charge in [0.05, 0.1) is 5.60 Å². The maximum Gasteiger partial charge on any atom is 0.142 e. The summed E-state index contributed by atoms with van der Waals surface area (Å²) in [7, 11) is 0. The Kier molecular flexibility index (Phi) is 3.03. The molecule has 1 N–H and O–H groups in total. The van der Waals surface area contributed by atoms with E-state index in [2.05, 4.69) is 0 Å². The molecule has 0 unspecified atom stereocenters. The van der Waals surface area contributed by atoms with Crippen molar-refractivity contribution in [2.75, 3.05) is 0 Å². The van der Waals surface area contributed by atoms with Crippen molar-refractivity contribution in [3.8, 4) is 5.75 Å². The number of fused-ring (bicyclic) bond motifs is 1. The second-order valence-corrected chi connectivity index (χ2v) is 4.83. The minimum absolute atomic E-state index is 0.206. The van der Waals surface area contributed by atoms with Crippen LogP contribution >= 0.6 is 0 Å². The van der Waals surface area contributed by atoms with Crippen molar-refractivity contribution in [1.82, 2.24) is 0 Å². The first-order valence-corrected chi connectivity index (χ1v) is 5.64. The Morgan fingerprint density at radius 2 is 2.24 bits per heavy atom. The first-order chi connectivity index (χ1) is 8.00. The summed E-state index contributed by atoms with van der Waals surface area (Å²) in [6, 6.07) is 5.76. The molecular weight excluding hydrogens is 216 g/mol. The summed E-state index contributed by atoms with van der Waals surface area (Å²) < 4.78 is 5.69. The Balaban J connectivity index is 2.22. The van der Waals surface area contributed by atoms with Crippen LogP contribution in [0.3, 0.4) is 0 Å². The van der Waals surface area contributed by atoms with Crippen LogP contribution in [-0.2, 0) is 11.2 Å². The Hall–Kier alpha value is -1.61. The van der Waals surface area contributed by atoms with Gasteiger partial charge in [-0.2, -0.15) is 0 Å². The highest BCUT2D eigenvalue weighted by Crippen LogP contribution is 2.33. The van der Waals surface area contributed by atoms with Gasteiger partial charge in [-0.3, -0.25) is 4.79 Å². The van der Waals surface area contributed by atoms with Crippen LogP contribution in [0.2, 0.25) is 0 Å². The fourth-order valence-corrected chi connectivity index (χ4v) is 1.92. The first kappa shape index (κ1) is 11.9. The third-order valence-corrected chi connectivity index (χ3v) is 2.91. The predicted molar refractivity (Wildman–Crippen MR) is 66.0 cm³/mol. The average molecular weight is 232 g/mol. The molecule has 1 aromatic rings. The fourth-order valence-electron chi connectivity index (χ4n) is 1.92. The van der Waals surface area contributed by atoms with Crippen molar-refractivity contribution >= 4 is 12.4 Å². The molecular formula is C14H16O3. The molecule has 0 amide bonds. The van der Waals surface area contributed by atoms with E-state index >= 15 is 0 Å². The van der Waals surface area contributed by atoms with E-state index in [4.69, 9.17) is 4.74 Å². The van der Waals surface area contributed by atoms with Crippen molar-refractivity contribution in [2.45, 2.75) is 32.0 Å². The van der Waals surface area contributed by atoms with Crippen molar-refractivity contribution in [3.63, 3.8) is 0 Å². The topological polar surface area (TPSA) is 46.5 Å². The summed E-state index contributed by atoms with van der Waals surface area (Å²) in [5, 5.41) is 9.91. The van der Waals surface area contributed by atoms with Crippen LogP contribution < -0.4 is 4.74 Å². The van der Waals surface area contributed by atoms with Crippen LogP contribution in [0.15, 0.2) is 24.3 Å². The Morgan fingerprint density at radius 1 is 1.47 bits per heavy atom. The maximum absolute atomic E-state index is 10.3. The molecule has 0 aromatic heterocycles. The Bertz CT molecular complexity index is 455. The van der Waals surface area contributed by atoms with E-state index in [-0.39, 0.29) is 6.10 Å². The van der Waals surface area contributed by atoms with E-state index in [1.807, 2.05) is 18.2 Å². The van der Waals surface area contributed by atoms with E-state index in [0.717, 1.165) is 23.2 Å². The smallest absolute Gasteiger partial charge is 0.142 e. The van der Waals surface area contributed by atoms with Gasteiger partial charge in [-0.15, -0.1) is 0 Å². The van der Waals surface area contributed by atoms with Gasteiger partial charge >= 0.3 is 0 Å². The molecule has 0 spiro atoms. The molecule has 3 nitrogen and oxygen atoms in total. The number of benzene rings is 1. The zero-order valence-electron chi connectivity index (χ0n) is 10.0. The van der Waals surface area contributed by atoms with Gasteiger partial charge in [0, 0.05) is 6.42 Å². The predicted octanol–water partition coefficient (Wildman–Crippen LogP) is 1.97. The van der Waals surface area contributed by atoms with Crippen LogP contribution in [0.4, 0.5) is 0 Å². The van der Waals surface area contributed by atoms with Crippen LogP contribution in [-0.4, -0.2) is 23.1 Å². The number of allylic oxidation sites excluding steroid dienone is 1. The van der Waals surface area contributed by atoms with Crippen molar-refractivity contribution < 1.29 is 14.6 Å². The van der Waals surface area contributed by atoms with Gasteiger partial charge in [-0.05, 0) is 43.2 Å². The largest absolute Gasteiger partial charge is 0.487 e. The van der Waals surface area contributed by atoms with Crippen LogP contribution in [0.5, 0.6) is 5.75 Å². The number of rotatable bonds is 3. The molecule has 0 saturated carbocycles. The summed E-state index contributed by atoms with van der Waals surface area (Å²) in [5.74, 6) is 0.820. The number of hydrogen-bond acceptors (Lipinski definition) is 3. The SMILES string of the molecule is CC(C)(O)[C@@H]1Cc2cc(/C=C/C=O)ccc2O1. The van der Waals surface area contributed by atoms with Crippen molar-refractivity contribution in [2.24, 2.45) is 0 Å². The number of aldehydes is 1. The molecule has 0 saturated heterocycles. The molecule has 0 aliphatic carbocycles. The zero-order chi connectivity index (χ0) is 12.5. The lowest BCUT2D eigenvalue weighted by atomic mass is 9.96. The summed E-state index contributed by atoms with van der Waals surface area (Å²) in [4.78, 5) is 10.3. The molecule has 1 aliphatic rings. The molecule has 1 atom stereocenters. The number of hydrogen-bond donors (Lipinski definition) is 1. The van der Waals surface area contributed by atoms with Gasteiger partial charge in [0.1, 0.15) is 18.1 Å². The first-order valence-electron chi connectivity index (χ1n) is 5.64. The summed E-state index contributed by atoms with van der Waals surface area (Å²) in [6.07, 6.45) is 4.46. The third kappa shape index (κ3) is 2.56. The fraction of sp³-hybridized carbons (Fsp3) is 0.357. The van der Waals surface area contributed by atoms with Crippen LogP contribution in [0.1, 0.15) is 25.0 Å². The average Bonchev–Trinajstić information content (AvgIpc) is 2.68. The molecule has 0 fully saturated rings. The van der Waals surface area contributed by atoms with Gasteiger partial charge in [0.25, 0.3) is 0 Å². The lowest BCUT2D eigenvalue weighted by Crippen LogP contribution is -2.39. The molecule has 0 bridgehead atoms. The van der Waals surface area contributed by atoms with Gasteiger partial charge in [0.15, 0.2) is 0 Å². The van der Waals surface area contributed by atoms with Crippen molar-refractivity contribution in [3.05, 3.63) is 35.4 Å². The molecule has 2 rings (SSSR count). The highest BCUT2D eigenvalue weighted by molar-refractivity contribution is 5.74. The maximum atomic E-state index is 10.3. The molecule has 0 radical (unpaired) electrons. The normalized spacial score (nSPS) is 19.1. The second kappa shape index (κ2) is 4.34. The number of aliphatic hydroxyl groups is 1. The van der Waals surface area contributed by atoms with E-state index < -0.39 is 5.60 Å². The van der Waals surface area contributed by atoms with E-state index in [1.54, 1.807) is 19.9 Å². The second-order valence-electron chi connectivity index (χ2n) is 4.83.